The lowest BCUT2D eigenvalue weighted by molar-refractivity contribution is 0.0673. The Morgan fingerprint density at radius 2 is 1.79 bits per heavy atom. The van der Waals surface area contributed by atoms with Crippen LogP contribution in [0.3, 0.4) is 0 Å². The minimum absolute atomic E-state index is 0.0640. The number of aromatic carboxylic acids is 2. The lowest BCUT2D eigenvalue weighted by Crippen LogP contribution is -2.19. The quantitative estimate of drug-likeness (QED) is 0.868. The zero-order valence-electron chi connectivity index (χ0n) is 11.0. The van der Waals surface area contributed by atoms with Gasteiger partial charge in [0.05, 0.1) is 5.56 Å². The van der Waals surface area contributed by atoms with Crippen LogP contribution in [-0.4, -0.2) is 39.9 Å². The SMILES string of the molecule is Cc1c(C(=O)O)c(C2CCOCC2)c(C(=O)O)n1C. The van der Waals surface area contributed by atoms with E-state index in [2.05, 4.69) is 0 Å². The third kappa shape index (κ3) is 2.23. The number of carboxylic acids is 2. The molecule has 6 heteroatoms. The van der Waals surface area contributed by atoms with E-state index >= 15 is 0 Å². The van der Waals surface area contributed by atoms with Crippen LogP contribution in [-0.2, 0) is 11.8 Å². The molecule has 0 bridgehead atoms. The van der Waals surface area contributed by atoms with Gasteiger partial charge in [-0.05, 0) is 25.7 Å². The lowest BCUT2D eigenvalue weighted by Gasteiger charge is -2.23. The van der Waals surface area contributed by atoms with Crippen molar-refractivity contribution in [1.82, 2.24) is 4.57 Å². The molecule has 2 rings (SSSR count). The monoisotopic (exact) mass is 267 g/mol. The molecule has 0 aliphatic carbocycles. The highest BCUT2D eigenvalue weighted by Crippen LogP contribution is 2.35. The summed E-state index contributed by atoms with van der Waals surface area (Å²) >= 11 is 0. The molecule has 1 aromatic heterocycles. The summed E-state index contributed by atoms with van der Waals surface area (Å²) in [4.78, 5) is 22.9. The molecular weight excluding hydrogens is 250 g/mol. The predicted octanol–water partition coefficient (Wildman–Crippen LogP) is 1.62. The summed E-state index contributed by atoms with van der Waals surface area (Å²) < 4.78 is 6.71. The van der Waals surface area contributed by atoms with Crippen LogP contribution >= 0.6 is 0 Å². The first-order valence-electron chi connectivity index (χ1n) is 6.18. The zero-order chi connectivity index (χ0) is 14.2. The van der Waals surface area contributed by atoms with Crippen molar-refractivity contribution in [3.05, 3.63) is 22.5 Å². The fourth-order valence-corrected chi connectivity index (χ4v) is 2.74. The van der Waals surface area contributed by atoms with E-state index in [0.717, 1.165) is 0 Å². The van der Waals surface area contributed by atoms with Gasteiger partial charge in [-0.15, -0.1) is 0 Å². The van der Waals surface area contributed by atoms with Crippen LogP contribution in [0.15, 0.2) is 0 Å². The van der Waals surface area contributed by atoms with E-state index in [1.54, 1.807) is 14.0 Å². The number of aromatic nitrogens is 1. The van der Waals surface area contributed by atoms with Crippen LogP contribution in [0.25, 0.3) is 0 Å². The Labute approximate surface area is 110 Å². The van der Waals surface area contributed by atoms with Crippen molar-refractivity contribution in [2.75, 3.05) is 13.2 Å². The van der Waals surface area contributed by atoms with Crippen molar-refractivity contribution in [3.8, 4) is 0 Å². The second-order valence-corrected chi connectivity index (χ2v) is 4.78. The molecule has 0 spiro atoms. The van der Waals surface area contributed by atoms with Gasteiger partial charge in [0.15, 0.2) is 0 Å². The van der Waals surface area contributed by atoms with Crippen LogP contribution in [0, 0.1) is 6.92 Å². The van der Waals surface area contributed by atoms with E-state index in [0.29, 0.717) is 37.3 Å². The van der Waals surface area contributed by atoms with Crippen molar-refractivity contribution in [2.45, 2.75) is 25.7 Å². The molecule has 2 N–H and O–H groups in total. The Morgan fingerprint density at radius 3 is 2.26 bits per heavy atom. The number of ether oxygens (including phenoxy) is 1. The maximum absolute atomic E-state index is 11.4. The fraction of sp³-hybridized carbons (Fsp3) is 0.538. The van der Waals surface area contributed by atoms with Gasteiger partial charge in [0.2, 0.25) is 0 Å². The average molecular weight is 267 g/mol. The summed E-state index contributed by atoms with van der Waals surface area (Å²) in [6.07, 6.45) is 1.31. The minimum Gasteiger partial charge on any atom is -0.478 e. The molecule has 19 heavy (non-hydrogen) atoms. The van der Waals surface area contributed by atoms with Crippen LogP contribution in [0.1, 0.15) is 50.9 Å². The van der Waals surface area contributed by atoms with E-state index in [4.69, 9.17) is 4.74 Å². The summed E-state index contributed by atoms with van der Waals surface area (Å²) in [5, 5.41) is 18.7. The Hall–Kier alpha value is -1.82. The van der Waals surface area contributed by atoms with Gasteiger partial charge < -0.3 is 19.5 Å². The molecule has 1 saturated heterocycles. The highest BCUT2D eigenvalue weighted by molar-refractivity contribution is 5.98. The number of hydrogen-bond acceptors (Lipinski definition) is 3. The highest BCUT2D eigenvalue weighted by Gasteiger charge is 2.32. The van der Waals surface area contributed by atoms with Gasteiger partial charge in [0.25, 0.3) is 0 Å². The number of carboxylic acid groups (broad SMARTS) is 2. The van der Waals surface area contributed by atoms with Gasteiger partial charge in [-0.25, -0.2) is 9.59 Å². The van der Waals surface area contributed by atoms with Crippen molar-refractivity contribution >= 4 is 11.9 Å². The average Bonchev–Trinajstić information content (AvgIpc) is 2.63. The molecule has 0 unspecified atom stereocenters. The summed E-state index contributed by atoms with van der Waals surface area (Å²) in [7, 11) is 1.59. The maximum atomic E-state index is 11.4. The van der Waals surface area contributed by atoms with Crippen LogP contribution < -0.4 is 0 Å². The number of nitrogens with zero attached hydrogens (tertiary/aromatic N) is 1. The van der Waals surface area contributed by atoms with Crippen molar-refractivity contribution in [1.29, 1.82) is 0 Å². The maximum Gasteiger partial charge on any atom is 0.352 e. The van der Waals surface area contributed by atoms with E-state index in [1.165, 1.54) is 4.57 Å². The van der Waals surface area contributed by atoms with Crippen molar-refractivity contribution in [2.24, 2.45) is 7.05 Å². The second-order valence-electron chi connectivity index (χ2n) is 4.78. The number of carbonyl (C=O) groups is 2. The Kier molecular flexibility index (Phi) is 3.61. The number of hydrogen-bond donors (Lipinski definition) is 2. The largest absolute Gasteiger partial charge is 0.478 e. The Balaban J connectivity index is 2.63. The summed E-state index contributed by atoms with van der Waals surface area (Å²) in [6.45, 7) is 2.71. The van der Waals surface area contributed by atoms with E-state index < -0.39 is 11.9 Å². The summed E-state index contributed by atoms with van der Waals surface area (Å²) in [5.41, 5.74) is 1.14. The normalized spacial score (nSPS) is 16.5. The molecular formula is C13H17NO5. The molecule has 1 fully saturated rings. The highest BCUT2D eigenvalue weighted by atomic mass is 16.5. The van der Waals surface area contributed by atoms with Crippen molar-refractivity contribution < 1.29 is 24.5 Å². The Bertz CT molecular complexity index is 488. The van der Waals surface area contributed by atoms with E-state index in [1.807, 2.05) is 0 Å². The Morgan fingerprint density at radius 1 is 1.21 bits per heavy atom. The van der Waals surface area contributed by atoms with Gasteiger partial charge >= 0.3 is 11.9 Å². The third-order valence-corrected chi connectivity index (χ3v) is 3.77. The molecule has 0 saturated carbocycles. The standard InChI is InChI=1S/C13H17NO5/c1-7-9(12(15)16)10(8-3-5-19-6-4-8)11(13(17)18)14(7)2/h8H,3-6H2,1-2H3,(H,15,16)(H,17,18). The molecule has 0 aromatic carbocycles. The molecule has 2 heterocycles. The van der Waals surface area contributed by atoms with Gasteiger partial charge in [-0.2, -0.15) is 0 Å². The van der Waals surface area contributed by atoms with E-state index in [-0.39, 0.29) is 17.2 Å². The minimum atomic E-state index is -1.08. The molecule has 1 aliphatic rings. The summed E-state index contributed by atoms with van der Waals surface area (Å²) in [6, 6.07) is 0. The van der Waals surface area contributed by atoms with Gasteiger partial charge in [0.1, 0.15) is 5.69 Å². The van der Waals surface area contributed by atoms with Crippen molar-refractivity contribution in [3.63, 3.8) is 0 Å². The van der Waals surface area contributed by atoms with Gasteiger partial charge in [0, 0.05) is 31.5 Å². The predicted molar refractivity (Wildman–Crippen MR) is 66.9 cm³/mol. The molecule has 1 aromatic rings. The molecule has 6 nitrogen and oxygen atoms in total. The van der Waals surface area contributed by atoms with Gasteiger partial charge in [-0.1, -0.05) is 0 Å². The lowest BCUT2D eigenvalue weighted by atomic mass is 9.88. The first-order valence-corrected chi connectivity index (χ1v) is 6.18. The van der Waals surface area contributed by atoms with Crippen LogP contribution in [0.4, 0.5) is 0 Å². The number of rotatable bonds is 3. The molecule has 0 atom stereocenters. The molecule has 1 aliphatic heterocycles. The molecule has 0 amide bonds. The molecule has 104 valence electrons. The summed E-state index contributed by atoms with van der Waals surface area (Å²) in [5.74, 6) is -2.22. The third-order valence-electron chi connectivity index (χ3n) is 3.77. The zero-order valence-corrected chi connectivity index (χ0v) is 11.0. The first kappa shape index (κ1) is 13.6. The molecule has 0 radical (unpaired) electrons. The fourth-order valence-electron chi connectivity index (χ4n) is 2.74. The van der Waals surface area contributed by atoms with Gasteiger partial charge in [-0.3, -0.25) is 0 Å². The second kappa shape index (κ2) is 5.05. The first-order chi connectivity index (χ1) is 8.95. The smallest absolute Gasteiger partial charge is 0.352 e. The van der Waals surface area contributed by atoms with E-state index in [9.17, 15) is 19.8 Å². The van der Waals surface area contributed by atoms with Crippen LogP contribution in [0.2, 0.25) is 0 Å². The van der Waals surface area contributed by atoms with Crippen LogP contribution in [0.5, 0.6) is 0 Å². The topological polar surface area (TPSA) is 88.8 Å².